The van der Waals surface area contributed by atoms with Crippen LogP contribution in [-0.4, -0.2) is 25.0 Å². The molecule has 2 aromatic carbocycles. The van der Waals surface area contributed by atoms with Gasteiger partial charge in [-0.2, -0.15) is 0 Å². The van der Waals surface area contributed by atoms with Crippen molar-refractivity contribution in [2.45, 2.75) is 37.8 Å². The summed E-state index contributed by atoms with van der Waals surface area (Å²) in [5, 5.41) is 6.57. The Labute approximate surface area is 179 Å². The van der Waals surface area contributed by atoms with E-state index in [1.807, 2.05) is 48.5 Å². The molecule has 5 nitrogen and oxygen atoms in total. The van der Waals surface area contributed by atoms with E-state index in [1.54, 1.807) is 0 Å². The van der Waals surface area contributed by atoms with Gasteiger partial charge in [-0.25, -0.2) is 0 Å². The highest BCUT2D eigenvalue weighted by Crippen LogP contribution is 2.57. The van der Waals surface area contributed by atoms with Gasteiger partial charge in [-0.1, -0.05) is 60.1 Å². The summed E-state index contributed by atoms with van der Waals surface area (Å²) in [7, 11) is 1.40. The zero-order valence-corrected chi connectivity index (χ0v) is 18.3. The summed E-state index contributed by atoms with van der Waals surface area (Å²) in [6, 6.07) is 14.8. The van der Waals surface area contributed by atoms with Gasteiger partial charge in [0.1, 0.15) is 11.5 Å². The van der Waals surface area contributed by atoms with E-state index >= 15 is 0 Å². The first-order valence-electron chi connectivity index (χ1n) is 9.89. The van der Waals surface area contributed by atoms with E-state index in [1.165, 1.54) is 7.11 Å². The third-order valence-corrected chi connectivity index (χ3v) is 6.70. The number of para-hydroxylation sites is 1. The minimum atomic E-state index is -0.881. The highest BCUT2D eigenvalue weighted by atomic mass is 79.9. The first-order valence-corrected chi connectivity index (χ1v) is 10.7. The lowest BCUT2D eigenvalue weighted by Crippen LogP contribution is -2.46. The number of rotatable bonds is 4. The summed E-state index contributed by atoms with van der Waals surface area (Å²) in [5.41, 5.74) is 1.86. The van der Waals surface area contributed by atoms with Gasteiger partial charge in [-0.15, -0.1) is 0 Å². The molecule has 0 aromatic heterocycles. The van der Waals surface area contributed by atoms with Crippen molar-refractivity contribution in [2.24, 2.45) is 11.8 Å². The molecule has 2 aliphatic rings. The van der Waals surface area contributed by atoms with E-state index in [-0.39, 0.29) is 23.8 Å². The minimum absolute atomic E-state index is 0.0591. The van der Waals surface area contributed by atoms with Crippen molar-refractivity contribution in [1.29, 1.82) is 0 Å². The molecule has 4 atom stereocenters. The van der Waals surface area contributed by atoms with Crippen molar-refractivity contribution in [1.82, 2.24) is 5.32 Å². The summed E-state index contributed by atoms with van der Waals surface area (Å²) in [4.78, 5) is 26.4. The average Bonchev–Trinajstić information content (AvgIpc) is 3.18. The van der Waals surface area contributed by atoms with Crippen molar-refractivity contribution in [3.8, 4) is 0 Å². The number of hydrogen-bond acceptors (Lipinski definition) is 4. The second-order valence-corrected chi connectivity index (χ2v) is 9.17. The molecule has 1 fully saturated rings. The minimum Gasteiger partial charge on any atom is -0.468 e. The van der Waals surface area contributed by atoms with E-state index in [9.17, 15) is 9.59 Å². The van der Waals surface area contributed by atoms with Gasteiger partial charge in [0, 0.05) is 16.1 Å². The standard InChI is InChI=1S/C23H25BrN2O3/c1-13(2)12-17-19(21(27)29-3)26-20(14-8-10-15(24)11-9-14)23(17)16-6-4-5-7-18(16)25-22(23)28/h4-11,13,17,19-20,26H,12H2,1-3H3,(H,25,28)/t17-,19+,20+,23+/m0/s1. The lowest BCUT2D eigenvalue weighted by Gasteiger charge is -2.35. The molecular formula is C23H25BrN2O3. The average molecular weight is 457 g/mol. The Hall–Kier alpha value is -2.18. The maximum absolute atomic E-state index is 13.6. The molecule has 1 amide bonds. The molecule has 1 saturated heterocycles. The van der Waals surface area contributed by atoms with Crippen molar-refractivity contribution in [2.75, 3.05) is 12.4 Å². The van der Waals surface area contributed by atoms with Crippen LogP contribution in [0.2, 0.25) is 0 Å². The van der Waals surface area contributed by atoms with Crippen LogP contribution in [0.5, 0.6) is 0 Å². The van der Waals surface area contributed by atoms with Gasteiger partial charge >= 0.3 is 5.97 Å². The maximum Gasteiger partial charge on any atom is 0.323 e. The number of hydrogen-bond donors (Lipinski definition) is 2. The Kier molecular flexibility index (Phi) is 5.25. The lowest BCUT2D eigenvalue weighted by molar-refractivity contribution is -0.144. The molecule has 0 saturated carbocycles. The van der Waals surface area contributed by atoms with Crippen LogP contribution in [0, 0.1) is 11.8 Å². The number of esters is 1. The number of benzene rings is 2. The van der Waals surface area contributed by atoms with E-state index in [2.05, 4.69) is 40.4 Å². The first-order chi connectivity index (χ1) is 13.9. The maximum atomic E-state index is 13.6. The number of ether oxygens (including phenoxy) is 1. The largest absolute Gasteiger partial charge is 0.468 e. The van der Waals surface area contributed by atoms with E-state index in [4.69, 9.17) is 4.74 Å². The molecule has 2 heterocycles. The van der Waals surface area contributed by atoms with Gasteiger partial charge in [0.05, 0.1) is 13.2 Å². The molecule has 0 radical (unpaired) electrons. The van der Waals surface area contributed by atoms with Gasteiger partial charge in [0.2, 0.25) is 5.91 Å². The Balaban J connectivity index is 1.95. The summed E-state index contributed by atoms with van der Waals surface area (Å²) in [6.07, 6.45) is 0.724. The van der Waals surface area contributed by atoms with Crippen molar-refractivity contribution < 1.29 is 14.3 Å². The summed E-state index contributed by atoms with van der Waals surface area (Å²) in [6.45, 7) is 4.24. The highest BCUT2D eigenvalue weighted by Gasteiger charge is 2.65. The van der Waals surface area contributed by atoms with Crippen LogP contribution in [0.15, 0.2) is 53.0 Å². The van der Waals surface area contributed by atoms with Crippen LogP contribution in [0.1, 0.15) is 37.4 Å². The molecule has 6 heteroatoms. The number of carbonyl (C=O) groups is 2. The number of amides is 1. The predicted molar refractivity (Wildman–Crippen MR) is 116 cm³/mol. The Morgan fingerprint density at radius 3 is 2.52 bits per heavy atom. The topological polar surface area (TPSA) is 67.4 Å². The molecule has 0 unspecified atom stereocenters. The molecule has 2 aliphatic heterocycles. The van der Waals surface area contributed by atoms with Crippen molar-refractivity contribution in [3.05, 3.63) is 64.1 Å². The van der Waals surface area contributed by atoms with Gasteiger partial charge in [-0.05, 0) is 41.7 Å². The molecule has 0 bridgehead atoms. The van der Waals surface area contributed by atoms with E-state index < -0.39 is 11.5 Å². The Morgan fingerprint density at radius 2 is 1.86 bits per heavy atom. The normalized spacial score (nSPS) is 27.9. The van der Waals surface area contributed by atoms with Crippen LogP contribution in [0.3, 0.4) is 0 Å². The zero-order valence-electron chi connectivity index (χ0n) is 16.7. The number of carbonyl (C=O) groups excluding carboxylic acids is 2. The molecule has 152 valence electrons. The van der Waals surface area contributed by atoms with Crippen LogP contribution in [-0.2, 0) is 19.7 Å². The summed E-state index contributed by atoms with van der Waals surface area (Å²) < 4.78 is 6.10. The van der Waals surface area contributed by atoms with Crippen LogP contribution < -0.4 is 10.6 Å². The molecule has 0 aliphatic carbocycles. The SMILES string of the molecule is COC(=O)[C@@H]1N[C@H](c2ccc(Br)cc2)[C@]2(C(=O)Nc3ccccc32)[C@H]1CC(C)C. The number of fused-ring (bicyclic) bond motifs is 2. The highest BCUT2D eigenvalue weighted by molar-refractivity contribution is 9.10. The summed E-state index contributed by atoms with van der Waals surface area (Å²) in [5.74, 6) is -0.301. The number of anilines is 1. The molecule has 2 aromatic rings. The Morgan fingerprint density at radius 1 is 1.17 bits per heavy atom. The molecular weight excluding hydrogens is 432 g/mol. The molecule has 29 heavy (non-hydrogen) atoms. The Bertz CT molecular complexity index is 943. The fraction of sp³-hybridized carbons (Fsp3) is 0.391. The predicted octanol–water partition coefficient (Wildman–Crippen LogP) is 4.19. The van der Waals surface area contributed by atoms with Crippen LogP contribution >= 0.6 is 15.9 Å². The molecule has 4 rings (SSSR count). The molecule has 2 N–H and O–H groups in total. The van der Waals surface area contributed by atoms with Gasteiger partial charge in [0.25, 0.3) is 0 Å². The van der Waals surface area contributed by atoms with E-state index in [0.29, 0.717) is 5.92 Å². The first kappa shape index (κ1) is 20.1. The summed E-state index contributed by atoms with van der Waals surface area (Å²) >= 11 is 3.48. The van der Waals surface area contributed by atoms with Gasteiger partial charge in [-0.3, -0.25) is 14.9 Å². The van der Waals surface area contributed by atoms with Gasteiger partial charge in [0.15, 0.2) is 0 Å². The molecule has 1 spiro atoms. The second-order valence-electron chi connectivity index (χ2n) is 8.26. The fourth-order valence-corrected chi connectivity index (χ4v) is 5.33. The number of halogens is 1. The van der Waals surface area contributed by atoms with Crippen molar-refractivity contribution in [3.63, 3.8) is 0 Å². The smallest absolute Gasteiger partial charge is 0.323 e. The number of nitrogens with one attached hydrogen (secondary N) is 2. The third-order valence-electron chi connectivity index (χ3n) is 6.17. The third kappa shape index (κ3) is 3.09. The second kappa shape index (κ2) is 7.58. The zero-order chi connectivity index (χ0) is 20.8. The van der Waals surface area contributed by atoms with Crippen LogP contribution in [0.4, 0.5) is 5.69 Å². The van der Waals surface area contributed by atoms with Gasteiger partial charge < -0.3 is 10.1 Å². The van der Waals surface area contributed by atoms with Crippen LogP contribution in [0.25, 0.3) is 0 Å². The fourth-order valence-electron chi connectivity index (χ4n) is 5.06. The lowest BCUT2D eigenvalue weighted by atomic mass is 9.63. The quantitative estimate of drug-likeness (QED) is 0.676. The van der Waals surface area contributed by atoms with Crippen molar-refractivity contribution >= 4 is 33.5 Å². The monoisotopic (exact) mass is 456 g/mol. The van der Waals surface area contributed by atoms with E-state index in [0.717, 1.165) is 27.7 Å². The number of methoxy groups -OCH3 is 1.